The molecule has 2 aliphatic carbocycles. The fourth-order valence-corrected chi connectivity index (χ4v) is 3.70. The Morgan fingerprint density at radius 1 is 1.07 bits per heavy atom. The third-order valence-corrected chi connectivity index (χ3v) is 4.17. The van der Waals surface area contributed by atoms with Gasteiger partial charge in [-0.05, 0) is 50.4 Å². The Morgan fingerprint density at radius 2 is 1.50 bits per heavy atom. The summed E-state index contributed by atoms with van der Waals surface area (Å²) in [6, 6.07) is 0. The second kappa shape index (κ2) is 3.67. The van der Waals surface area contributed by atoms with Gasteiger partial charge in [-0.25, -0.2) is 0 Å². The predicted molar refractivity (Wildman–Crippen MR) is 55.7 cm³/mol. The van der Waals surface area contributed by atoms with Crippen molar-refractivity contribution >= 4 is 0 Å². The van der Waals surface area contributed by atoms with Gasteiger partial charge >= 0.3 is 0 Å². The topological polar surface area (TPSA) is 40.5 Å². The van der Waals surface area contributed by atoms with E-state index >= 15 is 0 Å². The lowest BCUT2D eigenvalue weighted by Crippen LogP contribution is -2.27. The van der Waals surface area contributed by atoms with Crippen LogP contribution >= 0.6 is 0 Å². The molecule has 2 rings (SSSR count). The second-order valence-corrected chi connectivity index (χ2v) is 4.94. The van der Waals surface area contributed by atoms with Crippen molar-refractivity contribution in [2.24, 2.45) is 23.7 Å². The van der Waals surface area contributed by atoms with Gasteiger partial charge in [-0.15, -0.1) is 0 Å². The number of allylic oxidation sites excluding steroid dienone is 2. The molecule has 0 aliphatic heterocycles. The molecule has 2 heteroatoms. The Kier molecular flexibility index (Phi) is 2.67. The summed E-state index contributed by atoms with van der Waals surface area (Å²) in [5, 5.41) is 18.7. The molecule has 0 saturated heterocycles. The summed E-state index contributed by atoms with van der Waals surface area (Å²) in [7, 11) is 0. The van der Waals surface area contributed by atoms with Crippen LogP contribution in [0.25, 0.3) is 0 Å². The lowest BCUT2D eigenvalue weighted by Gasteiger charge is -2.27. The molecule has 2 N–H and O–H groups in total. The van der Waals surface area contributed by atoms with Crippen molar-refractivity contribution < 1.29 is 10.2 Å². The molecule has 0 heterocycles. The molecule has 0 radical (unpaired) electrons. The highest BCUT2D eigenvalue weighted by atomic mass is 16.3. The zero-order valence-electron chi connectivity index (χ0n) is 9.03. The standard InChI is InChI=1S/C12H20O2/c1-7(2)12-8-3-4-9(12)11(6-14)10(8)5-13/h8-11,13-14H,3-6H2,1-2H3/t8-,9+,10+,11-. The van der Waals surface area contributed by atoms with Gasteiger partial charge in [0.05, 0.1) is 0 Å². The van der Waals surface area contributed by atoms with Gasteiger partial charge in [0.2, 0.25) is 0 Å². The molecule has 80 valence electrons. The summed E-state index contributed by atoms with van der Waals surface area (Å²) >= 11 is 0. The van der Waals surface area contributed by atoms with Crippen molar-refractivity contribution in [1.82, 2.24) is 0 Å². The van der Waals surface area contributed by atoms with Crippen LogP contribution in [0.4, 0.5) is 0 Å². The average molecular weight is 196 g/mol. The smallest absolute Gasteiger partial charge is 0.0468 e. The highest BCUT2D eigenvalue weighted by Crippen LogP contribution is 2.56. The molecule has 0 unspecified atom stereocenters. The summed E-state index contributed by atoms with van der Waals surface area (Å²) in [5.41, 5.74) is 2.95. The highest BCUT2D eigenvalue weighted by molar-refractivity contribution is 5.28. The molecule has 2 aliphatic rings. The molecule has 0 aromatic carbocycles. The first-order chi connectivity index (χ1) is 6.70. The van der Waals surface area contributed by atoms with E-state index < -0.39 is 0 Å². The van der Waals surface area contributed by atoms with Crippen LogP contribution in [0, 0.1) is 23.7 Å². The molecule has 0 amide bonds. The number of aliphatic hydroxyl groups excluding tert-OH is 2. The van der Waals surface area contributed by atoms with Crippen molar-refractivity contribution in [2.45, 2.75) is 26.7 Å². The quantitative estimate of drug-likeness (QED) is 0.658. The molecular formula is C12H20O2. The van der Waals surface area contributed by atoms with Crippen molar-refractivity contribution in [1.29, 1.82) is 0 Å². The summed E-state index contributed by atoms with van der Waals surface area (Å²) in [6.07, 6.45) is 2.43. The van der Waals surface area contributed by atoms with Gasteiger partial charge in [0.1, 0.15) is 0 Å². The first-order valence-electron chi connectivity index (χ1n) is 5.59. The molecule has 2 saturated carbocycles. The Labute approximate surface area is 85.6 Å². The third kappa shape index (κ3) is 1.24. The first kappa shape index (κ1) is 10.2. The summed E-state index contributed by atoms with van der Waals surface area (Å²) in [6.45, 7) is 4.80. The Hall–Kier alpha value is -0.340. The average Bonchev–Trinajstić information content (AvgIpc) is 2.70. The lowest BCUT2D eigenvalue weighted by atomic mass is 9.80. The summed E-state index contributed by atoms with van der Waals surface area (Å²) in [4.78, 5) is 0. The minimum atomic E-state index is 0.239. The molecule has 2 bridgehead atoms. The van der Waals surface area contributed by atoms with Crippen LogP contribution in [-0.4, -0.2) is 23.4 Å². The lowest BCUT2D eigenvalue weighted by molar-refractivity contribution is 0.0791. The van der Waals surface area contributed by atoms with E-state index in [1.54, 1.807) is 5.57 Å². The van der Waals surface area contributed by atoms with Crippen molar-refractivity contribution in [3.05, 3.63) is 11.1 Å². The Balaban J connectivity index is 2.32. The van der Waals surface area contributed by atoms with Gasteiger partial charge in [0, 0.05) is 13.2 Å². The van der Waals surface area contributed by atoms with Crippen LogP contribution in [0.2, 0.25) is 0 Å². The molecule has 0 aromatic rings. The SMILES string of the molecule is CC(C)=C1[C@H]2CC[C@@H]1[C@H](CO)[C@@H]2CO. The summed E-state index contributed by atoms with van der Waals surface area (Å²) < 4.78 is 0. The zero-order valence-corrected chi connectivity index (χ0v) is 9.03. The maximum atomic E-state index is 9.36. The third-order valence-electron chi connectivity index (χ3n) is 4.17. The van der Waals surface area contributed by atoms with Gasteiger partial charge in [-0.1, -0.05) is 11.1 Å². The number of rotatable bonds is 2. The van der Waals surface area contributed by atoms with Crippen LogP contribution < -0.4 is 0 Å². The van der Waals surface area contributed by atoms with Crippen molar-refractivity contribution in [3.8, 4) is 0 Å². The van der Waals surface area contributed by atoms with Crippen LogP contribution in [0.15, 0.2) is 11.1 Å². The van der Waals surface area contributed by atoms with E-state index in [4.69, 9.17) is 0 Å². The Morgan fingerprint density at radius 3 is 1.79 bits per heavy atom. The van der Waals surface area contributed by atoms with Gasteiger partial charge in [-0.2, -0.15) is 0 Å². The first-order valence-corrected chi connectivity index (χ1v) is 5.59. The number of fused-ring (bicyclic) bond motifs is 2. The zero-order chi connectivity index (χ0) is 10.3. The predicted octanol–water partition coefficient (Wildman–Crippen LogP) is 1.58. The fraction of sp³-hybridized carbons (Fsp3) is 0.833. The Bertz CT molecular complexity index is 233. The molecule has 2 nitrogen and oxygen atoms in total. The second-order valence-electron chi connectivity index (χ2n) is 4.94. The van der Waals surface area contributed by atoms with Crippen LogP contribution in [-0.2, 0) is 0 Å². The fourth-order valence-electron chi connectivity index (χ4n) is 3.70. The van der Waals surface area contributed by atoms with E-state index in [1.165, 1.54) is 18.4 Å². The van der Waals surface area contributed by atoms with E-state index in [-0.39, 0.29) is 13.2 Å². The maximum absolute atomic E-state index is 9.36. The van der Waals surface area contributed by atoms with E-state index in [0.29, 0.717) is 23.7 Å². The molecular weight excluding hydrogens is 176 g/mol. The minimum absolute atomic E-state index is 0.239. The molecule has 0 aromatic heterocycles. The van der Waals surface area contributed by atoms with Gasteiger partial charge in [0.15, 0.2) is 0 Å². The van der Waals surface area contributed by atoms with Gasteiger partial charge in [0.25, 0.3) is 0 Å². The maximum Gasteiger partial charge on any atom is 0.0468 e. The molecule has 0 spiro atoms. The molecule has 14 heavy (non-hydrogen) atoms. The number of hydrogen-bond acceptors (Lipinski definition) is 2. The van der Waals surface area contributed by atoms with Gasteiger partial charge < -0.3 is 10.2 Å². The largest absolute Gasteiger partial charge is 0.396 e. The van der Waals surface area contributed by atoms with Crippen LogP contribution in [0.5, 0.6) is 0 Å². The molecule has 2 fully saturated rings. The van der Waals surface area contributed by atoms with Crippen LogP contribution in [0.1, 0.15) is 26.7 Å². The monoisotopic (exact) mass is 196 g/mol. The summed E-state index contributed by atoms with van der Waals surface area (Å²) in [5.74, 6) is 1.77. The van der Waals surface area contributed by atoms with Crippen LogP contribution in [0.3, 0.4) is 0 Å². The highest BCUT2D eigenvalue weighted by Gasteiger charge is 2.50. The minimum Gasteiger partial charge on any atom is -0.396 e. The normalized spacial score (nSPS) is 40.7. The number of aliphatic hydroxyl groups is 2. The van der Waals surface area contributed by atoms with Crippen molar-refractivity contribution in [3.63, 3.8) is 0 Å². The van der Waals surface area contributed by atoms with Crippen molar-refractivity contribution in [2.75, 3.05) is 13.2 Å². The van der Waals surface area contributed by atoms with E-state index in [0.717, 1.165) is 0 Å². The number of hydrogen-bond donors (Lipinski definition) is 2. The van der Waals surface area contributed by atoms with E-state index in [2.05, 4.69) is 13.8 Å². The van der Waals surface area contributed by atoms with E-state index in [1.807, 2.05) is 0 Å². The molecule has 4 atom stereocenters. The van der Waals surface area contributed by atoms with E-state index in [9.17, 15) is 10.2 Å². The van der Waals surface area contributed by atoms with Gasteiger partial charge in [-0.3, -0.25) is 0 Å².